The summed E-state index contributed by atoms with van der Waals surface area (Å²) < 4.78 is 0. The third kappa shape index (κ3) is 2.66. The van der Waals surface area contributed by atoms with E-state index in [2.05, 4.69) is 27.9 Å². The lowest BCUT2D eigenvalue weighted by molar-refractivity contribution is 0.360. The van der Waals surface area contributed by atoms with Crippen LogP contribution in [-0.2, 0) is 5.88 Å². The minimum atomic E-state index is 0.537. The topological polar surface area (TPSA) is 19.4 Å². The first-order valence-corrected chi connectivity index (χ1v) is 6.28. The van der Waals surface area contributed by atoms with Crippen LogP contribution >= 0.6 is 11.6 Å². The SMILES string of the molecule is CN1CCCN(c2ncccc2CCl)CC1. The number of rotatable bonds is 2. The lowest BCUT2D eigenvalue weighted by Crippen LogP contribution is -2.30. The Kier molecular flexibility index (Phi) is 4.02. The van der Waals surface area contributed by atoms with Gasteiger partial charge in [-0.1, -0.05) is 6.07 Å². The van der Waals surface area contributed by atoms with Gasteiger partial charge in [0.1, 0.15) is 5.82 Å². The van der Waals surface area contributed by atoms with E-state index in [1.54, 1.807) is 0 Å². The Labute approximate surface area is 102 Å². The van der Waals surface area contributed by atoms with Gasteiger partial charge in [0, 0.05) is 31.4 Å². The second-order valence-electron chi connectivity index (χ2n) is 4.26. The van der Waals surface area contributed by atoms with Crippen molar-refractivity contribution in [3.63, 3.8) is 0 Å². The third-order valence-corrected chi connectivity index (χ3v) is 3.32. The van der Waals surface area contributed by atoms with Crippen LogP contribution in [0.2, 0.25) is 0 Å². The average Bonchev–Trinajstić information content (AvgIpc) is 2.54. The molecule has 1 aliphatic rings. The lowest BCUT2D eigenvalue weighted by atomic mass is 10.2. The Balaban J connectivity index is 2.16. The van der Waals surface area contributed by atoms with E-state index in [0.29, 0.717) is 5.88 Å². The molecule has 0 bridgehead atoms. The molecule has 1 fully saturated rings. The molecule has 1 aromatic rings. The Bertz CT molecular complexity index is 343. The number of halogens is 1. The molecular weight excluding hydrogens is 222 g/mol. The summed E-state index contributed by atoms with van der Waals surface area (Å²) in [5.74, 6) is 1.60. The Morgan fingerprint density at radius 3 is 3.00 bits per heavy atom. The number of hydrogen-bond acceptors (Lipinski definition) is 3. The maximum absolute atomic E-state index is 5.94. The van der Waals surface area contributed by atoms with Gasteiger partial charge in [0.2, 0.25) is 0 Å². The highest BCUT2D eigenvalue weighted by molar-refractivity contribution is 6.17. The van der Waals surface area contributed by atoms with Gasteiger partial charge >= 0.3 is 0 Å². The minimum absolute atomic E-state index is 0.537. The number of alkyl halides is 1. The zero-order valence-corrected chi connectivity index (χ0v) is 10.5. The fourth-order valence-electron chi connectivity index (χ4n) is 2.08. The summed E-state index contributed by atoms with van der Waals surface area (Å²) in [6.07, 6.45) is 3.04. The molecule has 88 valence electrons. The molecule has 16 heavy (non-hydrogen) atoms. The van der Waals surface area contributed by atoms with Crippen molar-refractivity contribution in [3.05, 3.63) is 23.9 Å². The van der Waals surface area contributed by atoms with Gasteiger partial charge < -0.3 is 9.80 Å². The van der Waals surface area contributed by atoms with E-state index in [0.717, 1.165) is 31.0 Å². The normalized spacial score (nSPS) is 18.5. The van der Waals surface area contributed by atoms with Gasteiger partial charge in [-0.15, -0.1) is 11.6 Å². The largest absolute Gasteiger partial charge is 0.355 e. The smallest absolute Gasteiger partial charge is 0.132 e. The molecule has 1 aliphatic heterocycles. The Morgan fingerprint density at radius 1 is 1.31 bits per heavy atom. The van der Waals surface area contributed by atoms with Crippen molar-refractivity contribution >= 4 is 17.4 Å². The molecule has 1 aromatic heterocycles. The van der Waals surface area contributed by atoms with Crippen LogP contribution in [0.25, 0.3) is 0 Å². The number of hydrogen-bond donors (Lipinski definition) is 0. The van der Waals surface area contributed by atoms with Crippen LogP contribution in [0.5, 0.6) is 0 Å². The number of nitrogens with zero attached hydrogens (tertiary/aromatic N) is 3. The van der Waals surface area contributed by atoms with Crippen molar-refractivity contribution in [2.75, 3.05) is 38.1 Å². The molecule has 1 saturated heterocycles. The van der Waals surface area contributed by atoms with Gasteiger partial charge in [-0.05, 0) is 26.1 Å². The molecule has 0 spiro atoms. The summed E-state index contributed by atoms with van der Waals surface area (Å²) in [7, 11) is 2.17. The molecule has 0 aliphatic carbocycles. The Hall–Kier alpha value is -0.800. The van der Waals surface area contributed by atoms with Crippen LogP contribution in [0.15, 0.2) is 18.3 Å². The monoisotopic (exact) mass is 239 g/mol. The highest BCUT2D eigenvalue weighted by atomic mass is 35.5. The molecule has 0 N–H and O–H groups in total. The van der Waals surface area contributed by atoms with Crippen molar-refractivity contribution in [1.29, 1.82) is 0 Å². The van der Waals surface area contributed by atoms with E-state index in [-0.39, 0.29) is 0 Å². The van der Waals surface area contributed by atoms with Crippen LogP contribution in [0.3, 0.4) is 0 Å². The minimum Gasteiger partial charge on any atom is -0.355 e. The van der Waals surface area contributed by atoms with Crippen LogP contribution in [0.1, 0.15) is 12.0 Å². The van der Waals surface area contributed by atoms with E-state index >= 15 is 0 Å². The second kappa shape index (κ2) is 5.51. The molecule has 2 rings (SSSR count). The summed E-state index contributed by atoms with van der Waals surface area (Å²) in [5, 5.41) is 0. The zero-order chi connectivity index (χ0) is 11.4. The molecule has 3 nitrogen and oxygen atoms in total. The number of pyridine rings is 1. The summed E-state index contributed by atoms with van der Waals surface area (Å²) in [4.78, 5) is 9.18. The fraction of sp³-hybridized carbons (Fsp3) is 0.583. The number of aromatic nitrogens is 1. The van der Waals surface area contributed by atoms with Crippen molar-refractivity contribution < 1.29 is 0 Å². The predicted octanol–water partition coefficient (Wildman–Crippen LogP) is 1.96. The summed E-state index contributed by atoms with van der Waals surface area (Å²) in [5.41, 5.74) is 1.13. The van der Waals surface area contributed by atoms with Crippen LogP contribution in [0.4, 0.5) is 5.82 Å². The van der Waals surface area contributed by atoms with Crippen molar-refractivity contribution in [2.45, 2.75) is 12.3 Å². The molecule has 0 unspecified atom stereocenters. The van der Waals surface area contributed by atoms with Gasteiger partial charge in [0.05, 0.1) is 5.88 Å². The maximum atomic E-state index is 5.94. The van der Waals surface area contributed by atoms with E-state index in [9.17, 15) is 0 Å². The second-order valence-corrected chi connectivity index (χ2v) is 4.53. The highest BCUT2D eigenvalue weighted by Crippen LogP contribution is 2.20. The van der Waals surface area contributed by atoms with Crippen molar-refractivity contribution in [3.8, 4) is 0 Å². The molecule has 4 heteroatoms. The van der Waals surface area contributed by atoms with Crippen LogP contribution in [-0.4, -0.2) is 43.1 Å². The van der Waals surface area contributed by atoms with Crippen LogP contribution < -0.4 is 4.90 Å². The molecule has 0 saturated carbocycles. The van der Waals surface area contributed by atoms with Crippen molar-refractivity contribution in [1.82, 2.24) is 9.88 Å². The highest BCUT2D eigenvalue weighted by Gasteiger charge is 2.15. The fourth-order valence-corrected chi connectivity index (χ4v) is 2.29. The maximum Gasteiger partial charge on any atom is 0.132 e. The van der Waals surface area contributed by atoms with Gasteiger partial charge in [0.15, 0.2) is 0 Å². The lowest BCUT2D eigenvalue weighted by Gasteiger charge is -2.23. The summed E-state index contributed by atoms with van der Waals surface area (Å²) in [6, 6.07) is 4.01. The van der Waals surface area contributed by atoms with E-state index in [4.69, 9.17) is 11.6 Å². The van der Waals surface area contributed by atoms with E-state index in [1.165, 1.54) is 13.0 Å². The van der Waals surface area contributed by atoms with Crippen molar-refractivity contribution in [2.24, 2.45) is 0 Å². The Morgan fingerprint density at radius 2 is 2.19 bits per heavy atom. The first-order chi connectivity index (χ1) is 7.81. The van der Waals surface area contributed by atoms with Gasteiger partial charge in [-0.3, -0.25) is 0 Å². The van der Waals surface area contributed by atoms with Crippen LogP contribution in [0, 0.1) is 0 Å². The molecule has 0 amide bonds. The van der Waals surface area contributed by atoms with E-state index < -0.39 is 0 Å². The standard InChI is InChI=1S/C12H18ClN3/c1-15-6-3-7-16(9-8-15)12-11(10-13)4-2-5-14-12/h2,4-5H,3,6-10H2,1H3. The summed E-state index contributed by atoms with van der Waals surface area (Å²) in [6.45, 7) is 4.38. The average molecular weight is 240 g/mol. The van der Waals surface area contributed by atoms with Gasteiger partial charge in [-0.25, -0.2) is 4.98 Å². The molecule has 0 radical (unpaired) electrons. The molecule has 0 aromatic carbocycles. The molecular formula is C12H18ClN3. The first-order valence-electron chi connectivity index (χ1n) is 5.74. The zero-order valence-electron chi connectivity index (χ0n) is 9.69. The number of likely N-dealkylation sites (N-methyl/N-ethyl adjacent to an activating group) is 1. The third-order valence-electron chi connectivity index (χ3n) is 3.03. The molecule has 0 atom stereocenters. The molecule has 2 heterocycles. The quantitative estimate of drug-likeness (QED) is 0.736. The van der Waals surface area contributed by atoms with Gasteiger partial charge in [-0.2, -0.15) is 0 Å². The predicted molar refractivity (Wildman–Crippen MR) is 68.1 cm³/mol. The van der Waals surface area contributed by atoms with Gasteiger partial charge in [0.25, 0.3) is 0 Å². The first kappa shape index (κ1) is 11.7. The number of anilines is 1. The summed E-state index contributed by atoms with van der Waals surface area (Å²) >= 11 is 5.94. The van der Waals surface area contributed by atoms with E-state index in [1.807, 2.05) is 12.3 Å².